The average molecular weight is 649 g/mol. The molecular formula is C42H52N2S2. The summed E-state index contributed by atoms with van der Waals surface area (Å²) >= 11 is 4.10. The molecule has 4 heteroatoms. The van der Waals surface area contributed by atoms with Crippen LogP contribution in [0.25, 0.3) is 22.3 Å². The van der Waals surface area contributed by atoms with Gasteiger partial charge in [0.25, 0.3) is 0 Å². The van der Waals surface area contributed by atoms with Gasteiger partial charge >= 0.3 is 0 Å². The van der Waals surface area contributed by atoms with E-state index in [4.69, 9.17) is 5.73 Å². The minimum Gasteiger partial charge on any atom is -0.385 e. The fourth-order valence-electron chi connectivity index (χ4n) is 6.93. The summed E-state index contributed by atoms with van der Waals surface area (Å²) in [5, 5.41) is 4.60. The quantitative estimate of drug-likeness (QED) is 0.112. The van der Waals surface area contributed by atoms with Gasteiger partial charge < -0.3 is 11.1 Å². The Balaban J connectivity index is 1.04. The summed E-state index contributed by atoms with van der Waals surface area (Å²) in [6.45, 7) is 5.60. The standard InChI is InChI=1S/C42H52N2S2/c1-3-5-7-9-11-13-27-44-35-23-19-31(20-24-35)34-22-26-37-40(29-34)46-41-36-25-21-33(28-39(36)45-42(37)41)30-15-17-32(18-16-30)38(43)14-12-10-8-6-4-2/h15-26,28-29,38,41-42,44H,3-14,27,43H2,1-2H3. The maximum absolute atomic E-state index is 6.54. The average Bonchev–Trinajstić information content (AvgIpc) is 3.63. The highest BCUT2D eigenvalue weighted by Crippen LogP contribution is 2.66. The fraction of sp³-hybridized carbons (Fsp3) is 0.429. The highest BCUT2D eigenvalue weighted by molar-refractivity contribution is 8.05. The number of anilines is 1. The first-order valence-corrected chi connectivity index (χ1v) is 19.7. The van der Waals surface area contributed by atoms with E-state index in [1.165, 1.54) is 125 Å². The van der Waals surface area contributed by atoms with Gasteiger partial charge in [0.05, 0.1) is 10.5 Å². The number of hydrogen-bond donors (Lipinski definition) is 2. The minimum atomic E-state index is 0.138. The van der Waals surface area contributed by atoms with Crippen LogP contribution in [0.15, 0.2) is 94.7 Å². The predicted molar refractivity (Wildman–Crippen MR) is 203 cm³/mol. The van der Waals surface area contributed by atoms with Gasteiger partial charge in [-0.25, -0.2) is 0 Å². The van der Waals surface area contributed by atoms with Crippen molar-refractivity contribution in [3.8, 4) is 22.3 Å². The van der Waals surface area contributed by atoms with Crippen molar-refractivity contribution in [2.45, 2.75) is 117 Å². The van der Waals surface area contributed by atoms with Gasteiger partial charge in [-0.2, -0.15) is 0 Å². The Kier molecular flexibility index (Phi) is 11.9. The van der Waals surface area contributed by atoms with Crippen molar-refractivity contribution < 1.29 is 0 Å². The van der Waals surface area contributed by atoms with Crippen molar-refractivity contribution in [3.05, 3.63) is 102 Å². The zero-order valence-electron chi connectivity index (χ0n) is 27.9. The second kappa shape index (κ2) is 16.4. The largest absolute Gasteiger partial charge is 0.385 e. The first kappa shape index (κ1) is 33.2. The highest BCUT2D eigenvalue weighted by Gasteiger charge is 2.41. The molecule has 3 atom stereocenters. The maximum Gasteiger partial charge on any atom is 0.0519 e. The second-order valence-electron chi connectivity index (χ2n) is 13.3. The number of hydrogen-bond acceptors (Lipinski definition) is 4. The highest BCUT2D eigenvalue weighted by atomic mass is 32.2. The van der Waals surface area contributed by atoms with Gasteiger partial charge in [0.15, 0.2) is 0 Å². The van der Waals surface area contributed by atoms with Gasteiger partial charge in [0.2, 0.25) is 0 Å². The van der Waals surface area contributed by atoms with Crippen molar-refractivity contribution >= 4 is 29.2 Å². The molecular weight excluding hydrogens is 597 g/mol. The van der Waals surface area contributed by atoms with Crippen molar-refractivity contribution in [3.63, 3.8) is 0 Å². The fourth-order valence-corrected chi connectivity index (χ4v) is 10.2. The number of rotatable bonds is 17. The van der Waals surface area contributed by atoms with E-state index in [0.717, 1.165) is 13.0 Å². The van der Waals surface area contributed by atoms with Crippen LogP contribution in [-0.4, -0.2) is 6.54 Å². The Bertz CT molecular complexity index is 1550. The molecule has 0 saturated heterocycles. The molecule has 4 aromatic carbocycles. The van der Waals surface area contributed by atoms with Crippen LogP contribution >= 0.6 is 23.5 Å². The molecule has 0 saturated carbocycles. The van der Waals surface area contributed by atoms with Crippen LogP contribution in [0.4, 0.5) is 5.69 Å². The molecule has 0 aliphatic carbocycles. The molecule has 6 rings (SSSR count). The van der Waals surface area contributed by atoms with E-state index in [1.807, 2.05) is 0 Å². The number of thioether (sulfide) groups is 2. The van der Waals surface area contributed by atoms with Crippen LogP contribution < -0.4 is 11.1 Å². The van der Waals surface area contributed by atoms with E-state index in [-0.39, 0.29) is 6.04 Å². The Hall–Kier alpha value is -2.66. The lowest BCUT2D eigenvalue weighted by Crippen LogP contribution is -2.09. The number of nitrogens with one attached hydrogen (secondary N) is 1. The topological polar surface area (TPSA) is 38.0 Å². The molecule has 0 fully saturated rings. The van der Waals surface area contributed by atoms with Crippen molar-refractivity contribution in [1.82, 2.24) is 0 Å². The smallest absolute Gasteiger partial charge is 0.0519 e. The third-order valence-corrected chi connectivity index (χ3v) is 12.7. The van der Waals surface area contributed by atoms with E-state index in [1.54, 1.807) is 0 Å². The first-order valence-electron chi connectivity index (χ1n) is 18.0. The normalized spacial score (nSPS) is 17.0. The van der Waals surface area contributed by atoms with Gasteiger partial charge in [-0.1, -0.05) is 139 Å². The summed E-state index contributed by atoms with van der Waals surface area (Å²) < 4.78 is 0. The summed E-state index contributed by atoms with van der Waals surface area (Å²) in [6.07, 6.45) is 15.5. The molecule has 2 nitrogen and oxygen atoms in total. The SMILES string of the molecule is CCCCCCCCNc1ccc(-c2ccc3c(c2)SC2c4ccc(-c5ccc(C(N)CCCCCCC)cc5)cc4SC32)cc1. The summed E-state index contributed by atoms with van der Waals surface area (Å²) in [7, 11) is 0. The molecule has 0 radical (unpaired) electrons. The molecule has 0 spiro atoms. The van der Waals surface area contributed by atoms with Crippen molar-refractivity contribution in [1.29, 1.82) is 0 Å². The molecule has 242 valence electrons. The van der Waals surface area contributed by atoms with Crippen molar-refractivity contribution in [2.24, 2.45) is 5.73 Å². The molecule has 2 aliphatic rings. The lowest BCUT2D eigenvalue weighted by atomic mass is 9.96. The Labute approximate surface area is 286 Å². The van der Waals surface area contributed by atoms with E-state index in [9.17, 15) is 0 Å². The lowest BCUT2D eigenvalue weighted by Gasteiger charge is -2.13. The Morgan fingerprint density at radius 1 is 0.565 bits per heavy atom. The van der Waals surface area contributed by atoms with Crippen LogP contribution in [-0.2, 0) is 0 Å². The van der Waals surface area contributed by atoms with Crippen LogP contribution in [0.2, 0.25) is 0 Å². The van der Waals surface area contributed by atoms with Gasteiger partial charge in [0.1, 0.15) is 0 Å². The van der Waals surface area contributed by atoms with Crippen LogP contribution in [0.3, 0.4) is 0 Å². The first-order chi connectivity index (χ1) is 22.6. The van der Waals surface area contributed by atoms with Gasteiger partial charge in [-0.05, 0) is 76.1 Å². The maximum atomic E-state index is 6.54. The number of unbranched alkanes of at least 4 members (excludes halogenated alkanes) is 9. The van der Waals surface area contributed by atoms with Crippen LogP contribution in [0.5, 0.6) is 0 Å². The summed E-state index contributed by atoms with van der Waals surface area (Å²) in [6, 6.07) is 32.4. The summed E-state index contributed by atoms with van der Waals surface area (Å²) in [5.41, 5.74) is 17.2. The Morgan fingerprint density at radius 3 is 1.61 bits per heavy atom. The molecule has 2 aliphatic heterocycles. The Morgan fingerprint density at radius 2 is 1.04 bits per heavy atom. The van der Waals surface area contributed by atoms with Crippen LogP contribution in [0, 0.1) is 0 Å². The van der Waals surface area contributed by atoms with E-state index in [2.05, 4.69) is 128 Å². The van der Waals surface area contributed by atoms with Gasteiger partial charge in [-0.3, -0.25) is 0 Å². The summed E-state index contributed by atoms with van der Waals surface area (Å²) in [5.74, 6) is 0. The van der Waals surface area contributed by atoms with Gasteiger partial charge in [0, 0.05) is 28.1 Å². The van der Waals surface area contributed by atoms with Gasteiger partial charge in [-0.15, -0.1) is 23.5 Å². The molecule has 4 aromatic rings. The lowest BCUT2D eigenvalue weighted by molar-refractivity contribution is 0.555. The minimum absolute atomic E-state index is 0.138. The van der Waals surface area contributed by atoms with E-state index < -0.39 is 0 Å². The molecule has 2 heterocycles. The molecule has 0 bridgehead atoms. The predicted octanol–water partition coefficient (Wildman–Crippen LogP) is 13.1. The molecule has 0 amide bonds. The molecule has 46 heavy (non-hydrogen) atoms. The number of nitrogens with two attached hydrogens (primary N) is 1. The zero-order chi connectivity index (χ0) is 31.7. The third-order valence-electron chi connectivity index (χ3n) is 9.79. The zero-order valence-corrected chi connectivity index (χ0v) is 29.5. The molecule has 0 aromatic heterocycles. The van der Waals surface area contributed by atoms with Crippen LogP contribution in [0.1, 0.15) is 124 Å². The third kappa shape index (κ3) is 8.06. The second-order valence-corrected chi connectivity index (χ2v) is 15.7. The number of fused-ring (bicyclic) bond motifs is 5. The molecule has 3 N–H and O–H groups in total. The molecule has 3 unspecified atom stereocenters. The van der Waals surface area contributed by atoms with Crippen molar-refractivity contribution in [2.75, 3.05) is 11.9 Å². The number of benzene rings is 4. The van der Waals surface area contributed by atoms with E-state index in [0.29, 0.717) is 10.5 Å². The monoisotopic (exact) mass is 648 g/mol. The van der Waals surface area contributed by atoms with E-state index >= 15 is 0 Å². The summed E-state index contributed by atoms with van der Waals surface area (Å²) in [4.78, 5) is 2.88.